The molecule has 1 aromatic carbocycles. The highest BCUT2D eigenvalue weighted by molar-refractivity contribution is 9.09. The monoisotopic (exact) mass is 503 g/mol. The maximum absolute atomic E-state index is 11.9. The van der Waals surface area contributed by atoms with E-state index in [0.717, 1.165) is 9.80 Å². The first-order valence-electron chi connectivity index (χ1n) is 8.83. The van der Waals surface area contributed by atoms with Crippen molar-refractivity contribution in [3.05, 3.63) is 29.8 Å². The highest BCUT2D eigenvalue weighted by Gasteiger charge is 2.29. The molecule has 1 unspecified atom stereocenters. The molecule has 0 spiro atoms. The molecule has 1 amide bonds. The summed E-state index contributed by atoms with van der Waals surface area (Å²) >= 11 is 3.00. The van der Waals surface area contributed by atoms with Crippen LogP contribution in [0.4, 0.5) is 5.69 Å². The minimum absolute atomic E-state index is 0.0715. The fraction of sp³-hybridized carbons (Fsp3) is 0.389. The third-order valence-corrected chi connectivity index (χ3v) is 4.50. The van der Waals surface area contributed by atoms with Crippen LogP contribution >= 0.6 is 15.9 Å². The van der Waals surface area contributed by atoms with Gasteiger partial charge < -0.3 is 25.7 Å². The van der Waals surface area contributed by atoms with Gasteiger partial charge in [0, 0.05) is 18.8 Å². The van der Waals surface area contributed by atoms with Gasteiger partial charge in [-0.05, 0) is 17.7 Å². The van der Waals surface area contributed by atoms with E-state index >= 15 is 0 Å². The molecule has 0 aliphatic rings. The molecule has 0 saturated heterocycles. The molecule has 0 aliphatic carbocycles. The molecule has 1 atom stereocenters. The molecule has 0 aliphatic heterocycles. The van der Waals surface area contributed by atoms with Crippen molar-refractivity contribution >= 4 is 51.4 Å². The average molecular weight is 504 g/mol. The zero-order valence-corrected chi connectivity index (χ0v) is 17.8. The number of rotatable bonds is 14. The Hall–Kier alpha value is -3.03. The molecule has 0 bridgehead atoms. The number of carbonyl (C=O) groups excluding carboxylic acids is 1. The second-order valence-corrected chi connectivity index (χ2v) is 6.97. The Kier molecular flexibility index (Phi) is 10.6. The predicted octanol–water partition coefficient (Wildman–Crippen LogP) is 0.00350. The number of carbonyl (C=O) groups is 5. The summed E-state index contributed by atoms with van der Waals surface area (Å²) in [6, 6.07) is 4.37. The Morgan fingerprint density at radius 3 is 1.77 bits per heavy atom. The summed E-state index contributed by atoms with van der Waals surface area (Å²) in [5.74, 6) is -5.52. The lowest BCUT2D eigenvalue weighted by molar-refractivity contribution is -0.148. The number of amides is 1. The summed E-state index contributed by atoms with van der Waals surface area (Å²) in [4.78, 5) is 58.7. The quantitative estimate of drug-likeness (QED) is 0.215. The van der Waals surface area contributed by atoms with Crippen LogP contribution in [0.3, 0.4) is 0 Å². The van der Waals surface area contributed by atoms with Crippen LogP contribution < -0.4 is 5.32 Å². The molecular formula is C18H22BrN3O9. The van der Waals surface area contributed by atoms with Crippen molar-refractivity contribution in [3.8, 4) is 0 Å². The van der Waals surface area contributed by atoms with Crippen LogP contribution in [0.25, 0.3) is 0 Å². The zero-order chi connectivity index (χ0) is 23.6. The van der Waals surface area contributed by atoms with Crippen LogP contribution in [0.2, 0.25) is 0 Å². The number of carboxylic acids is 4. The maximum atomic E-state index is 11.9. The van der Waals surface area contributed by atoms with Gasteiger partial charge in [0.05, 0.1) is 25.0 Å². The van der Waals surface area contributed by atoms with Gasteiger partial charge in [-0.2, -0.15) is 0 Å². The van der Waals surface area contributed by atoms with Crippen LogP contribution in [0.5, 0.6) is 0 Å². The number of halogens is 1. The Balaban J connectivity index is 3.08. The van der Waals surface area contributed by atoms with Gasteiger partial charge >= 0.3 is 23.9 Å². The van der Waals surface area contributed by atoms with Crippen molar-refractivity contribution in [2.24, 2.45) is 0 Å². The molecule has 12 nitrogen and oxygen atoms in total. The number of anilines is 1. The summed E-state index contributed by atoms with van der Waals surface area (Å²) in [5, 5.41) is 39.4. The second kappa shape index (κ2) is 12.6. The number of alkyl halides is 1. The van der Waals surface area contributed by atoms with E-state index in [4.69, 9.17) is 10.2 Å². The number of benzene rings is 1. The summed E-state index contributed by atoms with van der Waals surface area (Å²) in [6.45, 7) is -2.28. The summed E-state index contributed by atoms with van der Waals surface area (Å²) in [6.07, 6.45) is 0. The lowest BCUT2D eigenvalue weighted by Gasteiger charge is -2.30. The van der Waals surface area contributed by atoms with Crippen LogP contribution in [0.1, 0.15) is 11.6 Å². The molecule has 1 rings (SSSR count). The first kappa shape index (κ1) is 26.0. The van der Waals surface area contributed by atoms with Gasteiger partial charge in [-0.1, -0.05) is 28.1 Å². The van der Waals surface area contributed by atoms with Crippen molar-refractivity contribution in [3.63, 3.8) is 0 Å². The fourth-order valence-corrected chi connectivity index (χ4v) is 2.93. The van der Waals surface area contributed by atoms with Crippen LogP contribution in [-0.2, 0) is 24.0 Å². The van der Waals surface area contributed by atoms with E-state index < -0.39 is 49.6 Å². The van der Waals surface area contributed by atoms with Crippen molar-refractivity contribution in [2.75, 3.05) is 43.4 Å². The minimum atomic E-state index is -1.39. The first-order valence-corrected chi connectivity index (χ1v) is 9.96. The lowest BCUT2D eigenvalue weighted by atomic mass is 10.0. The van der Waals surface area contributed by atoms with E-state index in [-0.39, 0.29) is 29.9 Å². The average Bonchev–Trinajstić information content (AvgIpc) is 2.65. The Morgan fingerprint density at radius 2 is 1.35 bits per heavy atom. The van der Waals surface area contributed by atoms with Gasteiger partial charge in [0.25, 0.3) is 0 Å². The molecule has 0 radical (unpaired) electrons. The van der Waals surface area contributed by atoms with Crippen molar-refractivity contribution < 1.29 is 44.4 Å². The third-order valence-electron chi connectivity index (χ3n) is 3.99. The number of aliphatic carboxylic acids is 4. The topological polar surface area (TPSA) is 185 Å². The van der Waals surface area contributed by atoms with Crippen LogP contribution in [0.15, 0.2) is 24.3 Å². The van der Waals surface area contributed by atoms with Crippen LogP contribution in [0, 0.1) is 0 Å². The van der Waals surface area contributed by atoms with E-state index in [1.165, 1.54) is 24.3 Å². The van der Waals surface area contributed by atoms with Crippen molar-refractivity contribution in [1.29, 1.82) is 0 Å². The Bertz CT molecular complexity index is 800. The highest BCUT2D eigenvalue weighted by atomic mass is 79.9. The number of nitrogens with one attached hydrogen (secondary N) is 1. The molecule has 5 N–H and O–H groups in total. The lowest BCUT2D eigenvalue weighted by Crippen LogP contribution is -2.44. The standard InChI is InChI=1S/C18H22BrN3O9/c19-7-13(23)20-12-3-1-11(2-4-12)17(18(30)31)22(10-16(28)29)6-5-21(8-14(24)25)9-15(26)27/h1-4,17H,5-10H2,(H,20,23)(H,24,25)(H,26,27)(H,28,29)(H,30,31). The third kappa shape index (κ3) is 9.55. The molecule has 31 heavy (non-hydrogen) atoms. The zero-order valence-electron chi connectivity index (χ0n) is 16.2. The van der Waals surface area contributed by atoms with Crippen LogP contribution in [-0.4, -0.2) is 98.1 Å². The smallest absolute Gasteiger partial charge is 0.325 e. The second-order valence-electron chi connectivity index (χ2n) is 6.41. The first-order chi connectivity index (χ1) is 14.5. The van der Waals surface area contributed by atoms with Gasteiger partial charge in [-0.3, -0.25) is 33.8 Å². The van der Waals surface area contributed by atoms with Gasteiger partial charge in [0.2, 0.25) is 5.91 Å². The molecule has 170 valence electrons. The fourth-order valence-electron chi connectivity index (χ4n) is 2.79. The number of carboxylic acid groups (broad SMARTS) is 4. The van der Waals surface area contributed by atoms with Gasteiger partial charge in [-0.15, -0.1) is 0 Å². The highest BCUT2D eigenvalue weighted by Crippen LogP contribution is 2.23. The number of hydrogen-bond donors (Lipinski definition) is 5. The molecule has 0 fully saturated rings. The minimum Gasteiger partial charge on any atom is -0.480 e. The Morgan fingerprint density at radius 1 is 0.839 bits per heavy atom. The molecule has 0 saturated carbocycles. The SMILES string of the molecule is O=C(O)CN(CCN(CC(=O)O)C(C(=O)O)c1ccc(NC(=O)CBr)cc1)CC(=O)O. The predicted molar refractivity (Wildman–Crippen MR) is 110 cm³/mol. The summed E-state index contributed by atoms with van der Waals surface area (Å²) in [7, 11) is 0. The molecule has 0 heterocycles. The van der Waals surface area contributed by atoms with E-state index in [9.17, 15) is 34.2 Å². The Labute approximate surface area is 185 Å². The van der Waals surface area contributed by atoms with Crippen molar-refractivity contribution in [2.45, 2.75) is 6.04 Å². The molecule has 1 aromatic rings. The molecule has 0 aromatic heterocycles. The van der Waals surface area contributed by atoms with E-state index in [1.807, 2.05) is 0 Å². The van der Waals surface area contributed by atoms with Gasteiger partial charge in [0.15, 0.2) is 0 Å². The van der Waals surface area contributed by atoms with E-state index in [2.05, 4.69) is 21.2 Å². The number of nitrogens with zero attached hydrogens (tertiary/aromatic N) is 2. The van der Waals surface area contributed by atoms with E-state index in [0.29, 0.717) is 5.69 Å². The normalized spacial score (nSPS) is 11.8. The molecule has 13 heteroatoms. The summed E-state index contributed by atoms with van der Waals surface area (Å²) in [5.41, 5.74) is 0.643. The van der Waals surface area contributed by atoms with Gasteiger partial charge in [-0.25, -0.2) is 0 Å². The maximum Gasteiger partial charge on any atom is 0.325 e. The number of hydrogen-bond acceptors (Lipinski definition) is 7. The van der Waals surface area contributed by atoms with E-state index in [1.54, 1.807) is 0 Å². The largest absolute Gasteiger partial charge is 0.480 e. The molecular weight excluding hydrogens is 482 g/mol. The summed E-state index contributed by atoms with van der Waals surface area (Å²) < 4.78 is 0. The van der Waals surface area contributed by atoms with Gasteiger partial charge in [0.1, 0.15) is 6.04 Å². The van der Waals surface area contributed by atoms with Crippen molar-refractivity contribution in [1.82, 2.24) is 9.80 Å².